The summed E-state index contributed by atoms with van der Waals surface area (Å²) in [7, 11) is -1.61. The van der Waals surface area contributed by atoms with Gasteiger partial charge in [0.05, 0.1) is 30.0 Å². The van der Waals surface area contributed by atoms with E-state index >= 15 is 0 Å². The fourth-order valence-corrected chi connectivity index (χ4v) is 4.50. The van der Waals surface area contributed by atoms with E-state index in [0.717, 1.165) is 0 Å². The minimum atomic E-state index is -3.16. The molecule has 1 aromatic rings. The third-order valence-electron chi connectivity index (χ3n) is 2.95. The fourth-order valence-electron chi connectivity index (χ4n) is 1.95. The van der Waals surface area contributed by atoms with Gasteiger partial charge in [0.25, 0.3) is 0 Å². The molecule has 1 aromatic carbocycles. The van der Waals surface area contributed by atoms with Gasteiger partial charge >= 0.3 is 6.03 Å². The molecule has 0 aliphatic carbocycles. The van der Waals surface area contributed by atoms with Crippen molar-refractivity contribution < 1.29 is 17.9 Å². The molecule has 1 heterocycles. The van der Waals surface area contributed by atoms with Gasteiger partial charge in [-0.1, -0.05) is 0 Å². The lowest BCUT2D eigenvalue weighted by atomic mass is 10.2. The van der Waals surface area contributed by atoms with Gasteiger partial charge in [-0.3, -0.25) is 0 Å². The Balaban J connectivity index is 1.92. The van der Waals surface area contributed by atoms with E-state index in [0.29, 0.717) is 11.4 Å². The number of ether oxygens (including phenoxy) is 1. The first-order chi connectivity index (χ1) is 9.39. The molecule has 2 rings (SSSR count). The van der Waals surface area contributed by atoms with Crippen LogP contribution in [0.25, 0.3) is 0 Å². The summed E-state index contributed by atoms with van der Waals surface area (Å²) in [6.45, 7) is 0. The van der Waals surface area contributed by atoms with Crippen LogP contribution in [0.5, 0.6) is 5.75 Å². The largest absolute Gasteiger partial charge is 0.497 e. The SMILES string of the molecule is COc1ccc(NC(=O)N[C@H]2CS(=O)(=O)C[C@@H]2Cl)cc1. The molecule has 1 aliphatic rings. The Labute approximate surface area is 122 Å². The van der Waals surface area contributed by atoms with E-state index in [9.17, 15) is 13.2 Å². The highest BCUT2D eigenvalue weighted by molar-refractivity contribution is 7.91. The Morgan fingerprint density at radius 2 is 1.95 bits per heavy atom. The van der Waals surface area contributed by atoms with E-state index in [1.54, 1.807) is 31.4 Å². The van der Waals surface area contributed by atoms with Crippen molar-refractivity contribution in [2.45, 2.75) is 11.4 Å². The summed E-state index contributed by atoms with van der Waals surface area (Å²) in [5.74, 6) is 0.442. The number of amides is 2. The first-order valence-electron chi connectivity index (χ1n) is 5.96. The molecule has 110 valence electrons. The highest BCUT2D eigenvalue weighted by atomic mass is 35.5. The normalized spacial score (nSPS) is 24.1. The Morgan fingerprint density at radius 3 is 2.45 bits per heavy atom. The van der Waals surface area contributed by atoms with Crippen LogP contribution >= 0.6 is 11.6 Å². The molecule has 0 bridgehead atoms. The zero-order valence-corrected chi connectivity index (χ0v) is 12.4. The first-order valence-corrected chi connectivity index (χ1v) is 8.21. The standard InChI is InChI=1S/C12H15ClN2O4S/c1-19-9-4-2-8(3-5-9)14-12(16)15-11-7-20(17,18)6-10(11)13/h2-5,10-11H,6-7H2,1H3,(H2,14,15,16)/t10-,11-/m0/s1. The zero-order valence-electron chi connectivity index (χ0n) is 10.8. The summed E-state index contributed by atoms with van der Waals surface area (Å²) in [4.78, 5) is 11.8. The highest BCUT2D eigenvalue weighted by Gasteiger charge is 2.37. The molecule has 2 amide bonds. The molecule has 1 aliphatic heterocycles. The van der Waals surface area contributed by atoms with Gasteiger partial charge in [-0.2, -0.15) is 0 Å². The average molecular weight is 319 g/mol. The second-order valence-electron chi connectivity index (χ2n) is 4.53. The van der Waals surface area contributed by atoms with E-state index in [-0.39, 0.29) is 11.5 Å². The maximum absolute atomic E-state index is 11.8. The Morgan fingerprint density at radius 1 is 1.30 bits per heavy atom. The monoisotopic (exact) mass is 318 g/mol. The topological polar surface area (TPSA) is 84.5 Å². The summed E-state index contributed by atoms with van der Waals surface area (Å²) < 4.78 is 27.8. The number of hydrogen-bond acceptors (Lipinski definition) is 4. The number of methoxy groups -OCH3 is 1. The fraction of sp³-hybridized carbons (Fsp3) is 0.417. The van der Waals surface area contributed by atoms with Crippen molar-refractivity contribution in [3.63, 3.8) is 0 Å². The van der Waals surface area contributed by atoms with Crippen LogP contribution in [0.1, 0.15) is 0 Å². The number of halogens is 1. The first kappa shape index (κ1) is 14.9. The number of carbonyl (C=O) groups excluding carboxylic acids is 1. The van der Waals surface area contributed by atoms with E-state index in [1.165, 1.54) is 0 Å². The minimum Gasteiger partial charge on any atom is -0.497 e. The number of benzene rings is 1. The van der Waals surface area contributed by atoms with E-state index in [4.69, 9.17) is 16.3 Å². The van der Waals surface area contributed by atoms with Gasteiger partial charge in [-0.15, -0.1) is 11.6 Å². The van der Waals surface area contributed by atoms with Crippen LogP contribution in [0.4, 0.5) is 10.5 Å². The lowest BCUT2D eigenvalue weighted by Crippen LogP contribution is -2.42. The molecule has 0 unspecified atom stereocenters. The third-order valence-corrected chi connectivity index (χ3v) is 5.32. The van der Waals surface area contributed by atoms with Gasteiger partial charge in [0, 0.05) is 5.69 Å². The highest BCUT2D eigenvalue weighted by Crippen LogP contribution is 2.19. The van der Waals surface area contributed by atoms with E-state index in [2.05, 4.69) is 10.6 Å². The number of anilines is 1. The van der Waals surface area contributed by atoms with Crippen molar-refractivity contribution in [1.82, 2.24) is 5.32 Å². The van der Waals surface area contributed by atoms with Crippen molar-refractivity contribution in [3.05, 3.63) is 24.3 Å². The van der Waals surface area contributed by atoms with Crippen molar-refractivity contribution in [3.8, 4) is 5.75 Å². The molecule has 1 saturated heterocycles. The third kappa shape index (κ3) is 3.77. The number of carbonyl (C=O) groups is 1. The van der Waals surface area contributed by atoms with Crippen molar-refractivity contribution in [1.29, 1.82) is 0 Å². The van der Waals surface area contributed by atoms with Gasteiger partial charge in [0.15, 0.2) is 9.84 Å². The number of urea groups is 1. The number of hydrogen-bond donors (Lipinski definition) is 2. The maximum atomic E-state index is 11.8. The lowest BCUT2D eigenvalue weighted by Gasteiger charge is -2.15. The van der Waals surface area contributed by atoms with Crippen LogP contribution in [0, 0.1) is 0 Å². The minimum absolute atomic E-state index is 0.109. The van der Waals surface area contributed by atoms with E-state index in [1.807, 2.05) is 0 Å². The van der Waals surface area contributed by atoms with Crippen LogP contribution < -0.4 is 15.4 Å². The molecule has 1 fully saturated rings. The van der Waals surface area contributed by atoms with Crippen LogP contribution in [0.15, 0.2) is 24.3 Å². The van der Waals surface area contributed by atoms with Crippen molar-refractivity contribution in [2.75, 3.05) is 23.9 Å². The van der Waals surface area contributed by atoms with Gasteiger partial charge in [0.2, 0.25) is 0 Å². The number of nitrogens with one attached hydrogen (secondary N) is 2. The van der Waals surface area contributed by atoms with E-state index < -0.39 is 27.3 Å². The zero-order chi connectivity index (χ0) is 14.8. The van der Waals surface area contributed by atoms with Crippen LogP contribution in [-0.2, 0) is 9.84 Å². The molecule has 0 aromatic heterocycles. The molecule has 2 N–H and O–H groups in total. The van der Waals surface area contributed by atoms with Gasteiger partial charge in [0.1, 0.15) is 5.75 Å². The summed E-state index contributed by atoms with van der Waals surface area (Å²) in [5, 5.41) is 4.58. The molecule has 0 radical (unpaired) electrons. The van der Waals surface area contributed by atoms with Crippen LogP contribution in [0.2, 0.25) is 0 Å². The molecule has 0 spiro atoms. The molecule has 6 nitrogen and oxygen atoms in total. The Hall–Kier alpha value is -1.47. The van der Waals surface area contributed by atoms with Crippen molar-refractivity contribution >= 4 is 33.2 Å². The Kier molecular flexibility index (Phi) is 4.39. The number of alkyl halides is 1. The van der Waals surface area contributed by atoms with Crippen LogP contribution in [0.3, 0.4) is 0 Å². The summed E-state index contributed by atoms with van der Waals surface area (Å²) in [6, 6.07) is 5.73. The molecule has 0 saturated carbocycles. The quantitative estimate of drug-likeness (QED) is 0.821. The molecule has 2 atom stereocenters. The lowest BCUT2D eigenvalue weighted by molar-refractivity contribution is 0.249. The van der Waals surface area contributed by atoms with Gasteiger partial charge in [-0.25, -0.2) is 13.2 Å². The molecular formula is C12H15ClN2O4S. The summed E-state index contributed by atoms with van der Waals surface area (Å²) >= 11 is 5.91. The number of sulfone groups is 1. The average Bonchev–Trinajstić information content (AvgIpc) is 2.63. The van der Waals surface area contributed by atoms with Crippen molar-refractivity contribution in [2.24, 2.45) is 0 Å². The Bertz CT molecular complexity index is 588. The van der Waals surface area contributed by atoms with Gasteiger partial charge in [-0.05, 0) is 24.3 Å². The predicted octanol–water partition coefficient (Wildman–Crippen LogP) is 1.22. The smallest absolute Gasteiger partial charge is 0.319 e. The second-order valence-corrected chi connectivity index (χ2v) is 7.24. The second kappa shape index (κ2) is 5.88. The summed E-state index contributed by atoms with van der Waals surface area (Å²) in [5.41, 5.74) is 0.579. The number of rotatable bonds is 3. The van der Waals surface area contributed by atoms with Crippen LogP contribution in [-0.4, -0.2) is 44.5 Å². The molecule has 8 heteroatoms. The summed E-state index contributed by atoms with van der Waals surface area (Å²) in [6.07, 6.45) is 0. The molecular weight excluding hydrogens is 304 g/mol. The molecule has 20 heavy (non-hydrogen) atoms. The predicted molar refractivity (Wildman–Crippen MR) is 77.2 cm³/mol. The van der Waals surface area contributed by atoms with Gasteiger partial charge < -0.3 is 15.4 Å². The maximum Gasteiger partial charge on any atom is 0.319 e.